The molecule has 2 aromatic carbocycles. The fraction of sp³-hybridized carbons (Fsp3) is 0.133. The van der Waals surface area contributed by atoms with Gasteiger partial charge in [0.25, 0.3) is 0 Å². The van der Waals surface area contributed by atoms with Crippen LogP contribution in [0.1, 0.15) is 26.3 Å². The van der Waals surface area contributed by atoms with E-state index in [9.17, 15) is 4.79 Å². The number of carboxylic acids is 1. The standard InChI is InChI=1S/C15H12BrClO2/c16-13(11-4-2-1-3-5-11)9-10-6-7-14(17)12(8-10)15(18)19/h1-8,13H,9H2,(H,18,19). The second kappa shape index (κ2) is 6.22. The third-order valence-corrected chi connectivity index (χ3v) is 4.02. The predicted molar refractivity (Wildman–Crippen MR) is 80.2 cm³/mol. The van der Waals surface area contributed by atoms with Crippen molar-refractivity contribution < 1.29 is 9.90 Å². The number of halogens is 2. The first-order valence-electron chi connectivity index (χ1n) is 5.78. The lowest BCUT2D eigenvalue weighted by Crippen LogP contribution is -2.01. The fourth-order valence-electron chi connectivity index (χ4n) is 1.85. The molecule has 2 nitrogen and oxygen atoms in total. The van der Waals surface area contributed by atoms with E-state index in [4.69, 9.17) is 16.7 Å². The maximum Gasteiger partial charge on any atom is 0.337 e. The summed E-state index contributed by atoms with van der Waals surface area (Å²) in [5, 5.41) is 9.31. The topological polar surface area (TPSA) is 37.3 Å². The molecule has 0 heterocycles. The van der Waals surface area contributed by atoms with Crippen molar-refractivity contribution in [1.82, 2.24) is 0 Å². The zero-order valence-electron chi connectivity index (χ0n) is 10.0. The van der Waals surface area contributed by atoms with Gasteiger partial charge in [-0.2, -0.15) is 0 Å². The minimum atomic E-state index is -1.00. The van der Waals surface area contributed by atoms with Crippen LogP contribution in [0.5, 0.6) is 0 Å². The highest BCUT2D eigenvalue weighted by Crippen LogP contribution is 2.28. The van der Waals surface area contributed by atoms with E-state index in [1.165, 1.54) is 0 Å². The van der Waals surface area contributed by atoms with Crippen LogP contribution >= 0.6 is 27.5 Å². The van der Waals surface area contributed by atoms with Gasteiger partial charge in [0.15, 0.2) is 0 Å². The number of hydrogen-bond donors (Lipinski definition) is 1. The fourth-order valence-corrected chi connectivity index (χ4v) is 2.73. The lowest BCUT2D eigenvalue weighted by atomic mass is 10.0. The smallest absolute Gasteiger partial charge is 0.337 e. The molecule has 0 amide bonds. The molecule has 1 unspecified atom stereocenters. The number of benzene rings is 2. The highest BCUT2D eigenvalue weighted by molar-refractivity contribution is 9.09. The summed E-state index contributed by atoms with van der Waals surface area (Å²) in [6, 6.07) is 15.1. The molecule has 0 radical (unpaired) electrons. The Morgan fingerprint density at radius 2 is 1.89 bits per heavy atom. The van der Waals surface area contributed by atoms with Crippen molar-refractivity contribution in [2.24, 2.45) is 0 Å². The maximum absolute atomic E-state index is 11.0. The Morgan fingerprint density at radius 1 is 1.21 bits per heavy atom. The number of hydrogen-bond acceptors (Lipinski definition) is 1. The van der Waals surface area contributed by atoms with E-state index in [0.29, 0.717) is 6.42 Å². The zero-order valence-corrected chi connectivity index (χ0v) is 12.4. The molecule has 0 aliphatic heterocycles. The Hall–Kier alpha value is -1.32. The van der Waals surface area contributed by atoms with E-state index in [-0.39, 0.29) is 15.4 Å². The van der Waals surface area contributed by atoms with Crippen LogP contribution in [0.15, 0.2) is 48.5 Å². The molecule has 19 heavy (non-hydrogen) atoms. The van der Waals surface area contributed by atoms with Gasteiger partial charge in [-0.1, -0.05) is 63.9 Å². The average Bonchev–Trinajstić information content (AvgIpc) is 2.41. The second-order valence-corrected chi connectivity index (χ2v) is 5.71. The van der Waals surface area contributed by atoms with E-state index >= 15 is 0 Å². The molecule has 0 aromatic heterocycles. The molecule has 1 atom stereocenters. The van der Waals surface area contributed by atoms with Crippen LogP contribution in [0.3, 0.4) is 0 Å². The minimum Gasteiger partial charge on any atom is -0.478 e. The largest absolute Gasteiger partial charge is 0.478 e. The van der Waals surface area contributed by atoms with Crippen molar-refractivity contribution >= 4 is 33.5 Å². The van der Waals surface area contributed by atoms with Crippen LogP contribution in [-0.4, -0.2) is 11.1 Å². The number of rotatable bonds is 4. The Bertz CT molecular complexity index is 584. The minimum absolute atomic E-state index is 0.145. The molecular formula is C15H12BrClO2. The number of carboxylic acid groups (broad SMARTS) is 1. The molecule has 0 aliphatic carbocycles. The summed E-state index contributed by atoms with van der Waals surface area (Å²) >= 11 is 9.47. The van der Waals surface area contributed by atoms with Gasteiger partial charge in [-0.25, -0.2) is 4.79 Å². The number of alkyl halides is 1. The van der Waals surface area contributed by atoms with E-state index in [1.807, 2.05) is 36.4 Å². The number of carbonyl (C=O) groups is 1. The van der Waals surface area contributed by atoms with E-state index in [0.717, 1.165) is 11.1 Å². The molecule has 98 valence electrons. The first kappa shape index (κ1) is 14.1. The van der Waals surface area contributed by atoms with Gasteiger partial charge in [0.2, 0.25) is 0 Å². The zero-order chi connectivity index (χ0) is 13.8. The summed E-state index contributed by atoms with van der Waals surface area (Å²) in [5.74, 6) is -1.00. The van der Waals surface area contributed by atoms with Crippen molar-refractivity contribution in [1.29, 1.82) is 0 Å². The monoisotopic (exact) mass is 338 g/mol. The van der Waals surface area contributed by atoms with Crippen LogP contribution < -0.4 is 0 Å². The molecule has 0 bridgehead atoms. The van der Waals surface area contributed by atoms with Crippen molar-refractivity contribution in [3.8, 4) is 0 Å². The average molecular weight is 340 g/mol. The Balaban J connectivity index is 2.20. The van der Waals surface area contributed by atoms with Gasteiger partial charge < -0.3 is 5.11 Å². The van der Waals surface area contributed by atoms with Gasteiger partial charge in [-0.15, -0.1) is 0 Å². The Morgan fingerprint density at radius 3 is 2.53 bits per heavy atom. The molecule has 0 fully saturated rings. The summed E-state index contributed by atoms with van der Waals surface area (Å²) in [6.45, 7) is 0. The summed E-state index contributed by atoms with van der Waals surface area (Å²) < 4.78 is 0. The molecule has 2 aromatic rings. The first-order chi connectivity index (χ1) is 9.08. The highest BCUT2D eigenvalue weighted by Gasteiger charge is 2.12. The first-order valence-corrected chi connectivity index (χ1v) is 7.08. The predicted octanol–water partition coefficient (Wildman–Crippen LogP) is 4.72. The van der Waals surface area contributed by atoms with Crippen LogP contribution in [0, 0.1) is 0 Å². The van der Waals surface area contributed by atoms with Gasteiger partial charge in [-0.3, -0.25) is 0 Å². The third-order valence-electron chi connectivity index (χ3n) is 2.84. The molecule has 0 saturated heterocycles. The van der Waals surface area contributed by atoms with E-state index < -0.39 is 5.97 Å². The second-order valence-electron chi connectivity index (χ2n) is 4.20. The molecule has 2 rings (SSSR count). The third kappa shape index (κ3) is 3.58. The lowest BCUT2D eigenvalue weighted by Gasteiger charge is -2.11. The maximum atomic E-state index is 11.0. The van der Waals surface area contributed by atoms with Crippen LogP contribution in [0.4, 0.5) is 0 Å². The van der Waals surface area contributed by atoms with Crippen molar-refractivity contribution in [3.63, 3.8) is 0 Å². The van der Waals surface area contributed by atoms with Gasteiger partial charge in [0.1, 0.15) is 0 Å². The van der Waals surface area contributed by atoms with E-state index in [1.54, 1.807) is 12.1 Å². The van der Waals surface area contributed by atoms with E-state index in [2.05, 4.69) is 15.9 Å². The van der Waals surface area contributed by atoms with Crippen molar-refractivity contribution in [2.45, 2.75) is 11.2 Å². The Labute approximate surface area is 125 Å². The molecular weight excluding hydrogens is 328 g/mol. The molecule has 0 aliphatic rings. The van der Waals surface area contributed by atoms with Crippen molar-refractivity contribution in [2.75, 3.05) is 0 Å². The quantitative estimate of drug-likeness (QED) is 0.819. The van der Waals surface area contributed by atoms with Gasteiger partial charge >= 0.3 is 5.97 Å². The highest BCUT2D eigenvalue weighted by atomic mass is 79.9. The SMILES string of the molecule is O=C(O)c1cc(CC(Br)c2ccccc2)ccc1Cl. The van der Waals surface area contributed by atoms with Crippen LogP contribution in [0.2, 0.25) is 5.02 Å². The molecule has 0 saturated carbocycles. The summed E-state index contributed by atoms with van der Waals surface area (Å²) in [7, 11) is 0. The van der Waals surface area contributed by atoms with Gasteiger partial charge in [0, 0.05) is 4.83 Å². The molecule has 1 N–H and O–H groups in total. The molecule has 0 spiro atoms. The van der Waals surface area contributed by atoms with Crippen LogP contribution in [0.25, 0.3) is 0 Å². The number of aromatic carboxylic acids is 1. The van der Waals surface area contributed by atoms with Crippen molar-refractivity contribution in [3.05, 3.63) is 70.2 Å². The summed E-state index contributed by atoms with van der Waals surface area (Å²) in [5.41, 5.74) is 2.24. The molecule has 4 heteroatoms. The summed E-state index contributed by atoms with van der Waals surface area (Å²) in [6.07, 6.45) is 0.710. The lowest BCUT2D eigenvalue weighted by molar-refractivity contribution is 0.0697. The van der Waals surface area contributed by atoms with Gasteiger partial charge in [-0.05, 0) is 29.7 Å². The normalized spacial score (nSPS) is 12.1. The van der Waals surface area contributed by atoms with Gasteiger partial charge in [0.05, 0.1) is 10.6 Å². The summed E-state index contributed by atoms with van der Waals surface area (Å²) in [4.78, 5) is 11.2. The van der Waals surface area contributed by atoms with Crippen LogP contribution in [-0.2, 0) is 6.42 Å². The Kier molecular flexibility index (Phi) is 4.61.